The number of rotatable bonds is 6. The summed E-state index contributed by atoms with van der Waals surface area (Å²) in [6.45, 7) is -3.10. The molecule has 9 heteroatoms. The van der Waals surface area contributed by atoms with Crippen LogP contribution in [0.4, 0.5) is 14.5 Å². The maximum atomic E-state index is 12.1. The molecule has 4 rings (SSSR count). The zero-order chi connectivity index (χ0) is 18.8. The van der Waals surface area contributed by atoms with Gasteiger partial charge in [0.05, 0.1) is 5.39 Å². The Balaban J connectivity index is 1.40. The van der Waals surface area contributed by atoms with Gasteiger partial charge < -0.3 is 14.8 Å². The largest absolute Gasteiger partial charge is 0.467 e. The molecule has 140 valence electrons. The number of nitrogens with one attached hydrogen (secondary N) is 1. The number of halogens is 2. The van der Waals surface area contributed by atoms with Gasteiger partial charge in [-0.25, -0.2) is 9.97 Å². The highest BCUT2D eigenvalue weighted by molar-refractivity contribution is 7.18. The summed E-state index contributed by atoms with van der Waals surface area (Å²) in [5, 5.41) is 3.54. The third-order valence-corrected chi connectivity index (χ3v) is 5.37. The highest BCUT2D eigenvalue weighted by atomic mass is 32.1. The van der Waals surface area contributed by atoms with Gasteiger partial charge in [-0.3, -0.25) is 4.79 Å². The van der Waals surface area contributed by atoms with Crippen molar-refractivity contribution in [2.45, 2.75) is 25.9 Å². The number of thiophene rings is 1. The molecule has 0 fully saturated rings. The average Bonchev–Trinajstić information content (AvgIpc) is 3.22. The van der Waals surface area contributed by atoms with Gasteiger partial charge in [0.1, 0.15) is 16.9 Å². The zero-order valence-electron chi connectivity index (χ0n) is 14.1. The van der Waals surface area contributed by atoms with Crippen molar-refractivity contribution < 1.29 is 23.0 Å². The molecular weight excluding hydrogens is 376 g/mol. The molecule has 6 nitrogen and oxygen atoms in total. The second kappa shape index (κ2) is 7.43. The van der Waals surface area contributed by atoms with Crippen molar-refractivity contribution in [1.29, 1.82) is 0 Å². The molecule has 2 heterocycles. The minimum absolute atomic E-state index is 0.0222. The number of carbonyl (C=O) groups is 1. The van der Waals surface area contributed by atoms with Gasteiger partial charge in [0, 0.05) is 10.6 Å². The van der Waals surface area contributed by atoms with Gasteiger partial charge in [-0.2, -0.15) is 8.78 Å². The van der Waals surface area contributed by atoms with E-state index in [1.54, 1.807) is 11.3 Å². The molecule has 0 bridgehead atoms. The van der Waals surface area contributed by atoms with Gasteiger partial charge in [-0.05, 0) is 49.1 Å². The molecule has 1 aromatic carbocycles. The summed E-state index contributed by atoms with van der Waals surface area (Å²) in [5.41, 5.74) is 1.68. The normalized spacial score (nSPS) is 13.0. The Hall–Kier alpha value is -2.81. The van der Waals surface area contributed by atoms with Crippen LogP contribution < -0.4 is 14.8 Å². The quantitative estimate of drug-likeness (QED) is 0.692. The lowest BCUT2D eigenvalue weighted by atomic mass is 10.2. The van der Waals surface area contributed by atoms with Crippen LogP contribution in [0, 0.1) is 0 Å². The van der Waals surface area contributed by atoms with Crippen LogP contribution in [0.5, 0.6) is 11.6 Å². The molecule has 0 saturated heterocycles. The third kappa shape index (κ3) is 3.82. The Kier molecular flexibility index (Phi) is 4.85. The van der Waals surface area contributed by atoms with Crippen LogP contribution in [0.25, 0.3) is 10.2 Å². The fourth-order valence-electron chi connectivity index (χ4n) is 3.06. The predicted octanol–water partition coefficient (Wildman–Crippen LogP) is 3.80. The van der Waals surface area contributed by atoms with Gasteiger partial charge in [0.2, 0.25) is 5.88 Å². The van der Waals surface area contributed by atoms with Crippen molar-refractivity contribution in [1.82, 2.24) is 9.97 Å². The smallest absolute Gasteiger partial charge is 0.387 e. The lowest BCUT2D eigenvalue weighted by Crippen LogP contribution is -2.20. The molecule has 0 saturated carbocycles. The third-order valence-electron chi connectivity index (χ3n) is 4.17. The molecule has 27 heavy (non-hydrogen) atoms. The van der Waals surface area contributed by atoms with Crippen LogP contribution in [0.3, 0.4) is 0 Å². The summed E-state index contributed by atoms with van der Waals surface area (Å²) >= 11 is 1.65. The highest BCUT2D eigenvalue weighted by Gasteiger charge is 2.22. The summed E-state index contributed by atoms with van der Waals surface area (Å²) in [6, 6.07) is 5.66. The van der Waals surface area contributed by atoms with E-state index in [0.717, 1.165) is 29.5 Å². The van der Waals surface area contributed by atoms with Gasteiger partial charge >= 0.3 is 6.61 Å². The SMILES string of the molecule is O=C(COc1ncnc2sc3c(c12)CCC3)Nc1ccc(OC(F)F)cc1. The first-order valence-corrected chi connectivity index (χ1v) is 9.14. The van der Waals surface area contributed by atoms with E-state index in [9.17, 15) is 13.6 Å². The van der Waals surface area contributed by atoms with Gasteiger partial charge in [0.15, 0.2) is 6.61 Å². The van der Waals surface area contributed by atoms with Crippen LogP contribution in [0.2, 0.25) is 0 Å². The molecule has 0 atom stereocenters. The van der Waals surface area contributed by atoms with Crippen molar-refractivity contribution in [3.8, 4) is 11.6 Å². The van der Waals surface area contributed by atoms with Crippen molar-refractivity contribution in [2.75, 3.05) is 11.9 Å². The van der Waals surface area contributed by atoms with E-state index in [-0.39, 0.29) is 18.3 Å². The maximum absolute atomic E-state index is 12.1. The first-order chi connectivity index (χ1) is 13.1. The first kappa shape index (κ1) is 17.6. The zero-order valence-corrected chi connectivity index (χ0v) is 14.9. The van der Waals surface area contributed by atoms with Crippen LogP contribution >= 0.6 is 11.3 Å². The van der Waals surface area contributed by atoms with Gasteiger partial charge in [0.25, 0.3) is 5.91 Å². The van der Waals surface area contributed by atoms with Crippen LogP contribution in [-0.2, 0) is 17.6 Å². The summed E-state index contributed by atoms with van der Waals surface area (Å²) in [5.74, 6) is 0.0559. The molecule has 2 aromatic heterocycles. The van der Waals surface area contributed by atoms with Crippen LogP contribution in [-0.4, -0.2) is 29.1 Å². The van der Waals surface area contributed by atoms with E-state index in [2.05, 4.69) is 20.0 Å². The Labute approximate surface area is 157 Å². The molecule has 0 aliphatic heterocycles. The average molecular weight is 391 g/mol. The molecule has 1 aliphatic rings. The van der Waals surface area contributed by atoms with E-state index >= 15 is 0 Å². The fourth-order valence-corrected chi connectivity index (χ4v) is 4.28. The molecule has 3 aromatic rings. The highest BCUT2D eigenvalue weighted by Crippen LogP contribution is 2.39. The van der Waals surface area contributed by atoms with Gasteiger partial charge in [-0.1, -0.05) is 0 Å². The minimum atomic E-state index is -2.89. The van der Waals surface area contributed by atoms with E-state index in [1.807, 2.05) is 0 Å². The topological polar surface area (TPSA) is 73.3 Å². The van der Waals surface area contributed by atoms with Crippen molar-refractivity contribution >= 4 is 33.1 Å². The molecule has 0 radical (unpaired) electrons. The number of aryl methyl sites for hydroxylation is 2. The van der Waals surface area contributed by atoms with Gasteiger partial charge in [-0.15, -0.1) is 11.3 Å². The second-order valence-electron chi connectivity index (χ2n) is 5.96. The second-order valence-corrected chi connectivity index (χ2v) is 7.04. The Morgan fingerprint density at radius 2 is 2.04 bits per heavy atom. The fraction of sp³-hybridized carbons (Fsp3) is 0.278. The predicted molar refractivity (Wildman–Crippen MR) is 96.6 cm³/mol. The molecular formula is C18H15F2N3O3S. The first-order valence-electron chi connectivity index (χ1n) is 8.33. The number of aromatic nitrogens is 2. The standard InChI is InChI=1S/C18H15F2N3O3S/c19-18(20)26-11-6-4-10(5-7-11)23-14(24)8-25-16-15-12-2-1-3-13(12)27-17(15)22-9-21-16/h4-7,9,18H,1-3,8H2,(H,23,24). The van der Waals surface area contributed by atoms with Crippen LogP contribution in [0.1, 0.15) is 16.9 Å². The number of anilines is 1. The Bertz CT molecular complexity index is 976. The van der Waals surface area contributed by atoms with E-state index in [4.69, 9.17) is 4.74 Å². The number of hydrogen-bond donors (Lipinski definition) is 1. The van der Waals surface area contributed by atoms with Crippen LogP contribution in [0.15, 0.2) is 30.6 Å². The van der Waals surface area contributed by atoms with Crippen molar-refractivity contribution in [2.24, 2.45) is 0 Å². The van der Waals surface area contributed by atoms with E-state index < -0.39 is 6.61 Å². The molecule has 0 unspecified atom stereocenters. The summed E-state index contributed by atoms with van der Waals surface area (Å²) in [4.78, 5) is 22.8. The van der Waals surface area contributed by atoms with E-state index in [1.165, 1.54) is 41.0 Å². The monoisotopic (exact) mass is 391 g/mol. The Morgan fingerprint density at radius 1 is 1.22 bits per heavy atom. The Morgan fingerprint density at radius 3 is 2.81 bits per heavy atom. The van der Waals surface area contributed by atoms with Crippen molar-refractivity contribution in [3.63, 3.8) is 0 Å². The number of nitrogens with zero attached hydrogens (tertiary/aromatic N) is 2. The number of fused-ring (bicyclic) bond motifs is 3. The molecule has 1 aliphatic carbocycles. The lowest BCUT2D eigenvalue weighted by Gasteiger charge is -2.09. The molecule has 0 spiro atoms. The maximum Gasteiger partial charge on any atom is 0.387 e. The number of alkyl halides is 2. The summed E-state index contributed by atoms with van der Waals surface area (Å²) in [7, 11) is 0. The number of carbonyl (C=O) groups excluding carboxylic acids is 1. The van der Waals surface area contributed by atoms with E-state index in [0.29, 0.717) is 11.6 Å². The molecule has 1 N–H and O–H groups in total. The molecule has 1 amide bonds. The van der Waals surface area contributed by atoms with Crippen molar-refractivity contribution in [3.05, 3.63) is 41.0 Å². The number of benzene rings is 1. The number of ether oxygens (including phenoxy) is 2. The summed E-state index contributed by atoms with van der Waals surface area (Å²) in [6.07, 6.45) is 4.56. The number of amides is 1. The number of hydrogen-bond acceptors (Lipinski definition) is 6. The lowest BCUT2D eigenvalue weighted by molar-refractivity contribution is -0.118. The summed E-state index contributed by atoms with van der Waals surface area (Å²) < 4.78 is 34.2. The minimum Gasteiger partial charge on any atom is -0.467 e.